The minimum absolute atomic E-state index is 0.0218. The molecule has 0 atom stereocenters. The van der Waals surface area contributed by atoms with Crippen LogP contribution in [-0.2, 0) is 0 Å². The van der Waals surface area contributed by atoms with Gasteiger partial charge in [-0.15, -0.1) is 0 Å². The third kappa shape index (κ3) is 12.2. The van der Waals surface area contributed by atoms with E-state index in [1.807, 2.05) is 0 Å². The molecule has 0 aromatic carbocycles. The second-order valence-electron chi connectivity index (χ2n) is 7.37. The molecule has 1 aromatic heterocycles. The van der Waals surface area contributed by atoms with Gasteiger partial charge in [-0.2, -0.15) is 0 Å². The molecule has 1 saturated carbocycles. The fraction of sp³-hybridized carbons (Fsp3) is 0.579. The van der Waals surface area contributed by atoms with E-state index < -0.39 is 30.2 Å². The van der Waals surface area contributed by atoms with Gasteiger partial charge in [0.2, 0.25) is 0 Å². The van der Waals surface area contributed by atoms with E-state index in [0.717, 1.165) is 11.8 Å². The van der Waals surface area contributed by atoms with E-state index in [1.54, 1.807) is 6.92 Å². The summed E-state index contributed by atoms with van der Waals surface area (Å²) in [7, 11) is 0. The van der Waals surface area contributed by atoms with Crippen LogP contribution in [0.2, 0.25) is 0 Å². The van der Waals surface area contributed by atoms with Crippen molar-refractivity contribution in [1.29, 1.82) is 0 Å². The Morgan fingerprint density at radius 1 is 1.06 bits per heavy atom. The number of halogens is 2. The van der Waals surface area contributed by atoms with Crippen LogP contribution >= 0.6 is 0 Å². The fourth-order valence-corrected chi connectivity index (χ4v) is 1.76. The zero-order valence-corrected chi connectivity index (χ0v) is 17.9. The minimum atomic E-state index is -2.65. The van der Waals surface area contributed by atoms with Gasteiger partial charge in [0.15, 0.2) is 0 Å². The summed E-state index contributed by atoms with van der Waals surface area (Å²) < 4.78 is 30.4. The van der Waals surface area contributed by atoms with Crippen LogP contribution in [0.1, 0.15) is 56.6 Å². The zero-order valence-electron chi connectivity index (χ0n) is 17.9. The standard InChI is InChI=1S/C11H11F2NO3.C6H14.C2H2N2O4/c1-6-9(10(15)16)2-7(5-14-6)17-8-3-11(12,13)4-8;1-5(2)6(3)4;5-1(6)3-4-2(7)8/h2,5,8H,3-4H2,1H3,(H,15,16);5-6H,1-4H3;(H,5,6)(H,7,8)/b;;4-3+. The van der Waals surface area contributed by atoms with Gasteiger partial charge in [0.1, 0.15) is 11.9 Å². The minimum Gasteiger partial charge on any atom is -0.488 e. The van der Waals surface area contributed by atoms with Crippen molar-refractivity contribution in [2.24, 2.45) is 22.1 Å². The molecule has 0 bridgehead atoms. The normalized spacial score (nSPS) is 14.7. The van der Waals surface area contributed by atoms with Crippen molar-refractivity contribution in [3.63, 3.8) is 0 Å². The molecule has 1 aliphatic rings. The number of aromatic carboxylic acids is 1. The molecule has 3 N–H and O–H groups in total. The van der Waals surface area contributed by atoms with Gasteiger partial charge in [0.25, 0.3) is 5.92 Å². The number of aryl methyl sites for hydroxylation is 1. The first-order chi connectivity index (χ1) is 14.1. The van der Waals surface area contributed by atoms with E-state index in [0.29, 0.717) is 5.69 Å². The number of amides is 2. The molecule has 0 spiro atoms. The number of aromatic nitrogens is 1. The Kier molecular flexibility index (Phi) is 11.2. The number of alkyl halides is 2. The number of rotatable bonds is 4. The number of nitrogens with zero attached hydrogens (tertiary/aromatic N) is 3. The first-order valence-electron chi connectivity index (χ1n) is 9.26. The van der Waals surface area contributed by atoms with Gasteiger partial charge in [0, 0.05) is 12.8 Å². The largest absolute Gasteiger partial charge is 0.488 e. The first kappa shape index (κ1) is 27.8. The predicted octanol–water partition coefficient (Wildman–Crippen LogP) is 5.36. The number of carboxylic acids is 1. The highest BCUT2D eigenvalue weighted by molar-refractivity contribution is 5.89. The Balaban J connectivity index is 0.000000537. The zero-order chi connectivity index (χ0) is 24.4. The van der Waals surface area contributed by atoms with Crippen LogP contribution in [0.3, 0.4) is 0 Å². The SMILES string of the molecule is CC(C)C(C)C.Cc1ncc(OC2CC(F)(F)C2)cc1C(=O)O.O=C(O)/N=N/C(=O)O. The maximum absolute atomic E-state index is 12.6. The van der Waals surface area contributed by atoms with Crippen LogP contribution in [0.5, 0.6) is 5.75 Å². The summed E-state index contributed by atoms with van der Waals surface area (Å²) >= 11 is 0. The van der Waals surface area contributed by atoms with Crippen molar-refractivity contribution >= 4 is 18.2 Å². The number of ether oxygens (including phenoxy) is 1. The Morgan fingerprint density at radius 3 is 1.84 bits per heavy atom. The number of azo groups is 1. The van der Waals surface area contributed by atoms with Crippen LogP contribution in [-0.4, -0.2) is 50.5 Å². The van der Waals surface area contributed by atoms with E-state index >= 15 is 0 Å². The Labute approximate surface area is 178 Å². The Hall–Kier alpha value is -3.18. The van der Waals surface area contributed by atoms with Crippen molar-refractivity contribution in [3.8, 4) is 5.75 Å². The second kappa shape index (κ2) is 12.5. The summed E-state index contributed by atoms with van der Waals surface area (Å²) in [6, 6.07) is 1.31. The highest BCUT2D eigenvalue weighted by Crippen LogP contribution is 2.39. The number of carboxylic acid groups (broad SMARTS) is 3. The predicted molar refractivity (Wildman–Crippen MR) is 105 cm³/mol. The second-order valence-corrected chi connectivity index (χ2v) is 7.37. The Morgan fingerprint density at radius 2 is 1.52 bits per heavy atom. The maximum atomic E-state index is 12.6. The molecule has 2 amide bonds. The fourth-order valence-electron chi connectivity index (χ4n) is 1.76. The summed E-state index contributed by atoms with van der Waals surface area (Å²) in [4.78, 5) is 33.4. The molecular formula is C19H27F2N3O7. The van der Waals surface area contributed by atoms with E-state index in [4.69, 9.17) is 20.1 Å². The summed E-state index contributed by atoms with van der Waals surface area (Å²) in [5.74, 6) is -1.85. The summed E-state index contributed by atoms with van der Waals surface area (Å²) in [6.07, 6.45) is -3.11. The first-order valence-corrected chi connectivity index (χ1v) is 9.26. The van der Waals surface area contributed by atoms with Gasteiger partial charge in [-0.05, 0) is 24.8 Å². The van der Waals surface area contributed by atoms with Crippen molar-refractivity contribution in [1.82, 2.24) is 4.98 Å². The molecule has 174 valence electrons. The molecule has 1 heterocycles. The average molecular weight is 447 g/mol. The van der Waals surface area contributed by atoms with Crippen LogP contribution in [0.4, 0.5) is 18.4 Å². The number of hydrogen-bond donors (Lipinski definition) is 3. The average Bonchev–Trinajstić information content (AvgIpc) is 2.60. The molecule has 0 saturated heterocycles. The van der Waals surface area contributed by atoms with Crippen molar-refractivity contribution in [2.45, 2.75) is 59.5 Å². The lowest BCUT2D eigenvalue weighted by atomic mass is 9.91. The van der Waals surface area contributed by atoms with Gasteiger partial charge in [-0.25, -0.2) is 23.2 Å². The third-order valence-corrected chi connectivity index (χ3v) is 4.20. The van der Waals surface area contributed by atoms with E-state index in [1.165, 1.54) is 12.3 Å². The molecule has 31 heavy (non-hydrogen) atoms. The molecule has 0 unspecified atom stereocenters. The van der Waals surface area contributed by atoms with Gasteiger partial charge in [-0.3, -0.25) is 4.98 Å². The Bertz CT molecular complexity index is 769. The van der Waals surface area contributed by atoms with Crippen LogP contribution in [0, 0.1) is 18.8 Å². The quantitative estimate of drug-likeness (QED) is 0.520. The molecule has 12 heteroatoms. The van der Waals surface area contributed by atoms with E-state index in [2.05, 4.69) is 42.9 Å². The highest BCUT2D eigenvalue weighted by atomic mass is 19.3. The van der Waals surface area contributed by atoms with Crippen LogP contribution < -0.4 is 4.74 Å². The van der Waals surface area contributed by atoms with E-state index in [9.17, 15) is 23.2 Å². The lowest BCUT2D eigenvalue weighted by Gasteiger charge is -2.34. The molecular weight excluding hydrogens is 420 g/mol. The topological polar surface area (TPSA) is 159 Å². The van der Waals surface area contributed by atoms with Gasteiger partial charge in [-0.1, -0.05) is 37.9 Å². The van der Waals surface area contributed by atoms with Crippen LogP contribution in [0.25, 0.3) is 0 Å². The number of carbonyl (C=O) groups is 3. The molecule has 1 aliphatic carbocycles. The van der Waals surface area contributed by atoms with Crippen molar-refractivity contribution in [3.05, 3.63) is 23.5 Å². The van der Waals surface area contributed by atoms with Gasteiger partial charge in [0.05, 0.1) is 17.5 Å². The van der Waals surface area contributed by atoms with Gasteiger partial charge >= 0.3 is 18.2 Å². The van der Waals surface area contributed by atoms with Crippen molar-refractivity contribution < 1.29 is 43.2 Å². The molecule has 0 aliphatic heterocycles. The maximum Gasteiger partial charge on any atom is 0.450 e. The van der Waals surface area contributed by atoms with Gasteiger partial charge < -0.3 is 20.1 Å². The van der Waals surface area contributed by atoms with Crippen molar-refractivity contribution in [2.75, 3.05) is 0 Å². The molecule has 1 aromatic rings. The summed E-state index contributed by atoms with van der Waals surface area (Å²) in [5, 5.41) is 28.7. The lowest BCUT2D eigenvalue weighted by Crippen LogP contribution is -2.43. The highest BCUT2D eigenvalue weighted by Gasteiger charge is 2.47. The monoisotopic (exact) mass is 447 g/mol. The molecule has 2 rings (SSSR count). The summed E-state index contributed by atoms with van der Waals surface area (Å²) in [6.45, 7) is 10.5. The third-order valence-electron chi connectivity index (χ3n) is 4.20. The lowest BCUT2D eigenvalue weighted by molar-refractivity contribution is -0.134. The smallest absolute Gasteiger partial charge is 0.450 e. The molecule has 1 fully saturated rings. The number of pyridine rings is 1. The van der Waals surface area contributed by atoms with E-state index in [-0.39, 0.29) is 24.2 Å². The molecule has 0 radical (unpaired) electrons. The van der Waals surface area contributed by atoms with Crippen LogP contribution in [0.15, 0.2) is 22.5 Å². The molecule has 10 nitrogen and oxygen atoms in total. The number of hydrogen-bond acceptors (Lipinski definition) is 5. The summed E-state index contributed by atoms with van der Waals surface area (Å²) in [5.41, 5.74) is 0.386.